The molecule has 1 atom stereocenters. The number of halogens is 1. The fourth-order valence-electron chi connectivity index (χ4n) is 1.30. The van der Waals surface area contributed by atoms with Gasteiger partial charge in [0.2, 0.25) is 5.91 Å². The molecule has 0 saturated carbocycles. The van der Waals surface area contributed by atoms with E-state index in [9.17, 15) is 9.59 Å². The Kier molecular flexibility index (Phi) is 4.65. The third-order valence-electron chi connectivity index (χ3n) is 1.99. The molecule has 0 heterocycles. The molecule has 1 amide bonds. The number of benzene rings is 1. The molecular weight excluding hydrogens is 288 g/mol. The monoisotopic (exact) mass is 300 g/mol. The van der Waals surface area contributed by atoms with Gasteiger partial charge < -0.3 is 16.2 Å². The zero-order valence-electron chi connectivity index (χ0n) is 9.24. The smallest absolute Gasteiger partial charge is 0.337 e. The lowest BCUT2D eigenvalue weighted by atomic mass is 10.1. The molecule has 92 valence electrons. The molecule has 1 aromatic carbocycles. The maximum Gasteiger partial charge on any atom is 0.337 e. The number of hydrogen-bond acceptors (Lipinski definition) is 3. The lowest BCUT2D eigenvalue weighted by Crippen LogP contribution is -2.24. The maximum absolute atomic E-state index is 11.5. The third kappa shape index (κ3) is 4.16. The number of carbonyl (C=O) groups excluding carboxylic acids is 1. The Balaban J connectivity index is 2.91. The number of hydrogen-bond donors (Lipinski definition) is 3. The van der Waals surface area contributed by atoms with Gasteiger partial charge in [0.05, 0.1) is 11.3 Å². The highest BCUT2D eigenvalue weighted by Gasteiger charge is 2.13. The predicted molar refractivity (Wildman–Crippen MR) is 68.0 cm³/mol. The summed E-state index contributed by atoms with van der Waals surface area (Å²) in [5.74, 6) is -1.40. The normalized spacial score (nSPS) is 11.9. The average Bonchev–Trinajstić information content (AvgIpc) is 2.19. The fraction of sp³-hybridized carbons (Fsp3) is 0.273. The first-order valence-corrected chi connectivity index (χ1v) is 5.77. The summed E-state index contributed by atoms with van der Waals surface area (Å²) in [6.45, 7) is 1.71. The van der Waals surface area contributed by atoms with Crippen molar-refractivity contribution < 1.29 is 14.7 Å². The number of carbonyl (C=O) groups is 2. The number of rotatable bonds is 4. The molecule has 6 heteroatoms. The Morgan fingerprint density at radius 3 is 2.71 bits per heavy atom. The Labute approximate surface area is 107 Å². The van der Waals surface area contributed by atoms with E-state index in [-0.39, 0.29) is 29.6 Å². The van der Waals surface area contributed by atoms with Crippen LogP contribution in [0.5, 0.6) is 0 Å². The van der Waals surface area contributed by atoms with Gasteiger partial charge in [-0.1, -0.05) is 15.9 Å². The lowest BCUT2D eigenvalue weighted by Gasteiger charge is -2.10. The van der Waals surface area contributed by atoms with Gasteiger partial charge in [-0.25, -0.2) is 4.79 Å². The SMILES string of the molecule is CC(N)CC(=O)Nc1ccc(Br)cc1C(=O)O. The van der Waals surface area contributed by atoms with Gasteiger partial charge in [0.1, 0.15) is 0 Å². The van der Waals surface area contributed by atoms with E-state index in [4.69, 9.17) is 10.8 Å². The molecule has 1 aromatic rings. The number of nitrogens with one attached hydrogen (secondary N) is 1. The second kappa shape index (κ2) is 5.79. The molecule has 0 aromatic heterocycles. The van der Waals surface area contributed by atoms with Crippen molar-refractivity contribution in [1.29, 1.82) is 0 Å². The lowest BCUT2D eigenvalue weighted by molar-refractivity contribution is -0.116. The van der Waals surface area contributed by atoms with E-state index >= 15 is 0 Å². The third-order valence-corrected chi connectivity index (χ3v) is 2.49. The molecule has 5 nitrogen and oxygen atoms in total. The van der Waals surface area contributed by atoms with Crippen molar-refractivity contribution in [3.63, 3.8) is 0 Å². The summed E-state index contributed by atoms with van der Waals surface area (Å²) in [4.78, 5) is 22.5. The van der Waals surface area contributed by atoms with Crippen molar-refractivity contribution in [2.45, 2.75) is 19.4 Å². The Bertz CT molecular complexity index is 446. The first-order chi connectivity index (χ1) is 7.90. The molecule has 0 radical (unpaired) electrons. The van der Waals surface area contributed by atoms with Crippen molar-refractivity contribution in [2.24, 2.45) is 5.73 Å². The van der Waals surface area contributed by atoms with Crippen LogP contribution in [0, 0.1) is 0 Å². The minimum absolute atomic E-state index is 0.0393. The second-order valence-corrected chi connectivity index (χ2v) is 4.64. The van der Waals surface area contributed by atoms with Crippen LogP contribution in [0.25, 0.3) is 0 Å². The van der Waals surface area contributed by atoms with Crippen LogP contribution in [0.2, 0.25) is 0 Å². The van der Waals surface area contributed by atoms with Crippen molar-refractivity contribution in [3.8, 4) is 0 Å². The summed E-state index contributed by atoms with van der Waals surface area (Å²) >= 11 is 3.18. The van der Waals surface area contributed by atoms with Crippen LogP contribution in [0.4, 0.5) is 5.69 Å². The summed E-state index contributed by atoms with van der Waals surface area (Å²) in [5, 5.41) is 11.5. The van der Waals surface area contributed by atoms with E-state index in [1.807, 2.05) is 0 Å². The standard InChI is InChI=1S/C11H13BrN2O3/c1-6(13)4-10(15)14-9-3-2-7(12)5-8(9)11(16)17/h2-3,5-6H,4,13H2,1H3,(H,14,15)(H,16,17). The van der Waals surface area contributed by atoms with Crippen molar-refractivity contribution in [3.05, 3.63) is 28.2 Å². The molecule has 17 heavy (non-hydrogen) atoms. The Morgan fingerprint density at radius 1 is 1.53 bits per heavy atom. The van der Waals surface area contributed by atoms with Crippen molar-refractivity contribution in [1.82, 2.24) is 0 Å². The van der Waals surface area contributed by atoms with E-state index in [1.165, 1.54) is 12.1 Å². The predicted octanol–water partition coefficient (Wildman–Crippen LogP) is 1.82. The van der Waals surface area contributed by atoms with Gasteiger partial charge in [-0.05, 0) is 25.1 Å². The van der Waals surface area contributed by atoms with Gasteiger partial charge >= 0.3 is 5.97 Å². The van der Waals surface area contributed by atoms with Crippen LogP contribution in [0.15, 0.2) is 22.7 Å². The summed E-state index contributed by atoms with van der Waals surface area (Å²) < 4.78 is 0.639. The number of nitrogens with two attached hydrogens (primary N) is 1. The summed E-state index contributed by atoms with van der Waals surface area (Å²) in [6.07, 6.45) is 0.148. The molecule has 0 aliphatic carbocycles. The van der Waals surface area contributed by atoms with Crippen LogP contribution in [0.3, 0.4) is 0 Å². The largest absolute Gasteiger partial charge is 0.478 e. The van der Waals surface area contributed by atoms with E-state index in [2.05, 4.69) is 21.2 Å². The number of aromatic carboxylic acids is 1. The minimum atomic E-state index is -1.10. The van der Waals surface area contributed by atoms with E-state index in [0.29, 0.717) is 4.47 Å². The molecule has 0 spiro atoms. The zero-order valence-corrected chi connectivity index (χ0v) is 10.8. The highest BCUT2D eigenvalue weighted by atomic mass is 79.9. The number of anilines is 1. The van der Waals surface area contributed by atoms with Gasteiger partial charge in [-0.3, -0.25) is 4.79 Å². The van der Waals surface area contributed by atoms with Crippen molar-refractivity contribution in [2.75, 3.05) is 5.32 Å². The van der Waals surface area contributed by atoms with Gasteiger partial charge in [-0.15, -0.1) is 0 Å². The summed E-state index contributed by atoms with van der Waals surface area (Å²) in [7, 11) is 0. The van der Waals surface area contributed by atoms with Crippen LogP contribution in [0.1, 0.15) is 23.7 Å². The van der Waals surface area contributed by atoms with Crippen molar-refractivity contribution >= 4 is 33.5 Å². The molecular formula is C11H13BrN2O3. The van der Waals surface area contributed by atoms with Crippen LogP contribution < -0.4 is 11.1 Å². The number of amides is 1. The first-order valence-electron chi connectivity index (χ1n) is 4.98. The summed E-state index contributed by atoms with van der Waals surface area (Å²) in [6, 6.07) is 4.36. The molecule has 1 rings (SSSR count). The molecule has 0 saturated heterocycles. The maximum atomic E-state index is 11.5. The van der Waals surface area contributed by atoms with E-state index in [0.717, 1.165) is 0 Å². The Hall–Kier alpha value is -1.40. The Morgan fingerprint density at radius 2 is 2.18 bits per heavy atom. The molecule has 0 fully saturated rings. The van der Waals surface area contributed by atoms with Gasteiger partial charge in [-0.2, -0.15) is 0 Å². The molecule has 0 aliphatic heterocycles. The highest BCUT2D eigenvalue weighted by molar-refractivity contribution is 9.10. The van der Waals surface area contributed by atoms with Gasteiger partial charge in [0.25, 0.3) is 0 Å². The van der Waals surface area contributed by atoms with Crippen LogP contribution in [-0.2, 0) is 4.79 Å². The second-order valence-electron chi connectivity index (χ2n) is 3.72. The fourth-order valence-corrected chi connectivity index (χ4v) is 1.66. The minimum Gasteiger partial charge on any atom is -0.478 e. The van der Waals surface area contributed by atoms with Gasteiger partial charge in [0, 0.05) is 16.9 Å². The molecule has 4 N–H and O–H groups in total. The summed E-state index contributed by atoms with van der Waals surface area (Å²) in [5.41, 5.74) is 5.79. The van der Waals surface area contributed by atoms with E-state index < -0.39 is 5.97 Å². The number of carboxylic acids is 1. The molecule has 1 unspecified atom stereocenters. The van der Waals surface area contributed by atoms with Crippen LogP contribution >= 0.6 is 15.9 Å². The van der Waals surface area contributed by atoms with Crippen LogP contribution in [-0.4, -0.2) is 23.0 Å². The number of carboxylic acid groups (broad SMARTS) is 1. The first kappa shape index (κ1) is 13.7. The zero-order chi connectivity index (χ0) is 13.0. The molecule has 0 bridgehead atoms. The highest BCUT2D eigenvalue weighted by Crippen LogP contribution is 2.21. The average molecular weight is 301 g/mol. The van der Waals surface area contributed by atoms with Gasteiger partial charge in [0.15, 0.2) is 0 Å². The quantitative estimate of drug-likeness (QED) is 0.791. The molecule has 0 aliphatic rings. The topological polar surface area (TPSA) is 92.4 Å². The van der Waals surface area contributed by atoms with E-state index in [1.54, 1.807) is 13.0 Å².